The van der Waals surface area contributed by atoms with Gasteiger partial charge in [-0.05, 0) is 55.3 Å². The first-order valence-corrected chi connectivity index (χ1v) is 9.92. The molecule has 0 saturated heterocycles. The molecule has 0 aliphatic rings. The van der Waals surface area contributed by atoms with Crippen molar-refractivity contribution in [2.45, 2.75) is 19.4 Å². The van der Waals surface area contributed by atoms with E-state index in [9.17, 15) is 9.90 Å². The fourth-order valence-corrected chi connectivity index (χ4v) is 2.52. The fraction of sp³-hybridized carbons (Fsp3) is 0.348. The third kappa shape index (κ3) is 8.57. The van der Waals surface area contributed by atoms with Crippen LogP contribution in [0.5, 0.6) is 11.5 Å². The Kier molecular flexibility index (Phi) is 10.2. The monoisotopic (exact) mass is 428 g/mol. The average Bonchev–Trinajstić information content (AvgIpc) is 2.79. The van der Waals surface area contributed by atoms with Gasteiger partial charge in [-0.1, -0.05) is 12.6 Å². The van der Waals surface area contributed by atoms with E-state index < -0.39 is 12.1 Å². The summed E-state index contributed by atoms with van der Waals surface area (Å²) >= 11 is 0. The Morgan fingerprint density at radius 3 is 2.58 bits per heavy atom. The molecule has 2 rings (SSSR count). The average molecular weight is 428 g/mol. The summed E-state index contributed by atoms with van der Waals surface area (Å²) in [5.41, 5.74) is 1.93. The zero-order chi connectivity index (χ0) is 22.5. The number of phenolic OH excluding ortho intramolecular Hbond substituents is 1. The second kappa shape index (κ2) is 13.1. The summed E-state index contributed by atoms with van der Waals surface area (Å²) < 4.78 is 21.2. The predicted octanol–water partition coefficient (Wildman–Crippen LogP) is 4.51. The van der Waals surface area contributed by atoms with E-state index in [1.54, 1.807) is 43.5 Å². The van der Waals surface area contributed by atoms with Crippen LogP contribution < -0.4 is 4.74 Å². The molecular formula is C23H28N2O6. The highest BCUT2D eigenvalue weighted by Gasteiger charge is 2.14. The number of ether oxygens (including phenoxy) is 4. The van der Waals surface area contributed by atoms with Crippen LogP contribution in [0, 0.1) is 0 Å². The normalized spacial score (nSPS) is 11.9. The Labute approximate surface area is 182 Å². The number of aromatic hydroxyl groups is 1. The molecule has 0 radical (unpaired) electrons. The molecule has 0 heterocycles. The molecule has 0 aliphatic carbocycles. The van der Waals surface area contributed by atoms with Crippen molar-refractivity contribution in [1.29, 1.82) is 0 Å². The number of carbonyl (C=O) groups excluding carboxylic acids is 1. The number of phenols is 1. The minimum atomic E-state index is -0.542. The minimum Gasteiger partial charge on any atom is -0.506 e. The van der Waals surface area contributed by atoms with Gasteiger partial charge >= 0.3 is 5.97 Å². The van der Waals surface area contributed by atoms with Gasteiger partial charge in [0.25, 0.3) is 0 Å². The summed E-state index contributed by atoms with van der Waals surface area (Å²) in [6, 6.07) is 12.2. The van der Waals surface area contributed by atoms with Crippen LogP contribution in [0.15, 0.2) is 65.3 Å². The molecule has 0 fully saturated rings. The van der Waals surface area contributed by atoms with Gasteiger partial charge < -0.3 is 24.1 Å². The van der Waals surface area contributed by atoms with E-state index in [-0.39, 0.29) is 19.0 Å². The molecule has 8 heteroatoms. The number of hydrogen-bond donors (Lipinski definition) is 1. The Morgan fingerprint density at radius 1 is 1.16 bits per heavy atom. The Balaban J connectivity index is 1.93. The number of nitrogens with zero attached hydrogens (tertiary/aromatic N) is 2. The van der Waals surface area contributed by atoms with Crippen molar-refractivity contribution in [2.75, 3.05) is 33.5 Å². The first kappa shape index (κ1) is 24.0. The van der Waals surface area contributed by atoms with Crippen LogP contribution in [0.3, 0.4) is 0 Å². The van der Waals surface area contributed by atoms with Gasteiger partial charge in [-0.3, -0.25) is 0 Å². The maximum absolute atomic E-state index is 11.4. The SMILES string of the molecule is C=CC(=O)OC(COCC)COc1ccc(N=Nc2ccc(CCOC)cc2O)cc1. The lowest BCUT2D eigenvalue weighted by Crippen LogP contribution is -2.29. The molecule has 0 saturated carbocycles. The summed E-state index contributed by atoms with van der Waals surface area (Å²) in [7, 11) is 1.63. The lowest BCUT2D eigenvalue weighted by Gasteiger charge is -2.17. The van der Waals surface area contributed by atoms with E-state index in [4.69, 9.17) is 18.9 Å². The van der Waals surface area contributed by atoms with E-state index >= 15 is 0 Å². The zero-order valence-electron chi connectivity index (χ0n) is 17.8. The second-order valence-corrected chi connectivity index (χ2v) is 6.49. The van der Waals surface area contributed by atoms with E-state index in [1.807, 2.05) is 13.0 Å². The van der Waals surface area contributed by atoms with Crippen LogP contribution in [0.2, 0.25) is 0 Å². The highest BCUT2D eigenvalue weighted by molar-refractivity contribution is 5.81. The molecule has 1 N–H and O–H groups in total. The van der Waals surface area contributed by atoms with Crippen molar-refractivity contribution in [2.24, 2.45) is 10.2 Å². The summed E-state index contributed by atoms with van der Waals surface area (Å²) in [5, 5.41) is 18.3. The van der Waals surface area contributed by atoms with Crippen molar-refractivity contribution >= 4 is 17.3 Å². The van der Waals surface area contributed by atoms with E-state index in [0.29, 0.717) is 36.8 Å². The molecule has 0 spiro atoms. The molecule has 1 atom stereocenters. The second-order valence-electron chi connectivity index (χ2n) is 6.49. The molecule has 2 aromatic rings. The van der Waals surface area contributed by atoms with E-state index in [2.05, 4.69) is 16.8 Å². The summed E-state index contributed by atoms with van der Waals surface area (Å²) in [6.45, 7) is 6.71. The maximum Gasteiger partial charge on any atom is 0.330 e. The maximum atomic E-state index is 11.4. The van der Waals surface area contributed by atoms with Crippen LogP contribution >= 0.6 is 0 Å². The lowest BCUT2D eigenvalue weighted by molar-refractivity contribution is -0.147. The number of carbonyl (C=O) groups is 1. The van der Waals surface area contributed by atoms with Crippen molar-refractivity contribution in [1.82, 2.24) is 0 Å². The van der Waals surface area contributed by atoms with Crippen molar-refractivity contribution in [3.8, 4) is 11.5 Å². The van der Waals surface area contributed by atoms with Crippen molar-refractivity contribution in [3.05, 3.63) is 60.7 Å². The quantitative estimate of drug-likeness (QED) is 0.286. The highest BCUT2D eigenvalue weighted by Crippen LogP contribution is 2.29. The van der Waals surface area contributed by atoms with Gasteiger partial charge in [-0.25, -0.2) is 4.79 Å². The number of methoxy groups -OCH3 is 1. The molecule has 0 amide bonds. The zero-order valence-corrected chi connectivity index (χ0v) is 17.8. The van der Waals surface area contributed by atoms with E-state index in [1.165, 1.54) is 0 Å². The molecule has 0 aromatic heterocycles. The predicted molar refractivity (Wildman–Crippen MR) is 116 cm³/mol. The van der Waals surface area contributed by atoms with Crippen molar-refractivity contribution < 1.29 is 28.8 Å². The first-order chi connectivity index (χ1) is 15.0. The minimum absolute atomic E-state index is 0.0618. The number of azo groups is 1. The van der Waals surface area contributed by atoms with Gasteiger partial charge in [0.2, 0.25) is 0 Å². The largest absolute Gasteiger partial charge is 0.506 e. The number of benzene rings is 2. The standard InChI is InChI=1S/C23H28N2O6/c1-4-23(27)31-20(15-29-5-2)16-30-19-9-7-18(8-10-19)24-25-21-11-6-17(12-13-28-3)14-22(21)26/h4,6-11,14,20,26H,1,5,12-13,15-16H2,2-3H3. The van der Waals surface area contributed by atoms with Gasteiger partial charge in [0.05, 0.1) is 18.9 Å². The number of rotatable bonds is 13. The molecule has 31 heavy (non-hydrogen) atoms. The summed E-state index contributed by atoms with van der Waals surface area (Å²) in [5.74, 6) is 0.117. The van der Waals surface area contributed by atoms with Crippen LogP contribution in [0.1, 0.15) is 12.5 Å². The Morgan fingerprint density at radius 2 is 1.94 bits per heavy atom. The van der Waals surface area contributed by atoms with Gasteiger partial charge in [-0.15, -0.1) is 5.11 Å². The van der Waals surface area contributed by atoms with Crippen LogP contribution in [-0.4, -0.2) is 50.7 Å². The van der Waals surface area contributed by atoms with Gasteiger partial charge in [0.1, 0.15) is 23.8 Å². The first-order valence-electron chi connectivity index (χ1n) is 9.92. The van der Waals surface area contributed by atoms with Gasteiger partial charge in [0, 0.05) is 19.8 Å². The van der Waals surface area contributed by atoms with Gasteiger partial charge in [-0.2, -0.15) is 5.11 Å². The topological polar surface area (TPSA) is 98.9 Å². The molecule has 0 bridgehead atoms. The fourth-order valence-electron chi connectivity index (χ4n) is 2.52. The summed E-state index contributed by atoms with van der Waals surface area (Å²) in [6.07, 6.45) is 1.27. The van der Waals surface area contributed by atoms with Crippen LogP contribution in [0.4, 0.5) is 11.4 Å². The Hall–Kier alpha value is -3.23. The third-order valence-corrected chi connectivity index (χ3v) is 4.14. The number of esters is 1. The molecule has 2 aromatic carbocycles. The van der Waals surface area contributed by atoms with Crippen molar-refractivity contribution in [3.63, 3.8) is 0 Å². The van der Waals surface area contributed by atoms with E-state index in [0.717, 1.165) is 11.6 Å². The lowest BCUT2D eigenvalue weighted by atomic mass is 10.1. The third-order valence-electron chi connectivity index (χ3n) is 4.14. The van der Waals surface area contributed by atoms with Crippen LogP contribution in [0.25, 0.3) is 0 Å². The number of hydrogen-bond acceptors (Lipinski definition) is 8. The van der Waals surface area contributed by atoms with Gasteiger partial charge in [0.15, 0.2) is 6.10 Å². The molecular weight excluding hydrogens is 400 g/mol. The molecule has 1 unspecified atom stereocenters. The Bertz CT molecular complexity index is 867. The molecule has 0 aliphatic heterocycles. The summed E-state index contributed by atoms with van der Waals surface area (Å²) in [4.78, 5) is 11.4. The molecule has 166 valence electrons. The smallest absolute Gasteiger partial charge is 0.330 e. The molecule has 8 nitrogen and oxygen atoms in total. The highest BCUT2D eigenvalue weighted by atomic mass is 16.6. The van der Waals surface area contributed by atoms with Crippen LogP contribution in [-0.2, 0) is 25.4 Å².